The molecule has 13 heteroatoms. The summed E-state index contributed by atoms with van der Waals surface area (Å²) >= 11 is 1.57. The van der Waals surface area contributed by atoms with Crippen LogP contribution in [0.1, 0.15) is 100 Å². The highest BCUT2D eigenvalue weighted by molar-refractivity contribution is 8.14. The highest BCUT2D eigenvalue weighted by Gasteiger charge is 2.41. The van der Waals surface area contributed by atoms with Crippen molar-refractivity contribution >= 4 is 46.3 Å². The van der Waals surface area contributed by atoms with Gasteiger partial charge in [-0.15, -0.1) is 11.8 Å². The number of carbonyl (C=O) groups excluding carboxylic acids is 5. The molecule has 3 amide bonds. The van der Waals surface area contributed by atoms with Crippen molar-refractivity contribution in [3.8, 4) is 5.75 Å². The van der Waals surface area contributed by atoms with Gasteiger partial charge in [-0.05, 0) is 80.6 Å². The summed E-state index contributed by atoms with van der Waals surface area (Å²) in [6.45, 7) is 18.8. The molecular weight excluding hydrogens is 757 g/mol. The van der Waals surface area contributed by atoms with Crippen LogP contribution in [0.4, 0.5) is 0 Å². The maximum absolute atomic E-state index is 14.4. The van der Waals surface area contributed by atoms with Gasteiger partial charge in [-0.1, -0.05) is 73.1 Å². The number of aliphatic hydroxyl groups is 1. The molecule has 1 N–H and O–H groups in total. The van der Waals surface area contributed by atoms with Crippen LogP contribution in [-0.4, -0.2) is 125 Å². The average molecular weight is 827 g/mol. The molecule has 3 rings (SSSR count). The molecular formula is C45H70N4O8S. The molecule has 1 unspecified atom stereocenters. The lowest BCUT2D eigenvalue weighted by molar-refractivity contribution is -0.166. The van der Waals surface area contributed by atoms with Crippen molar-refractivity contribution in [2.45, 2.75) is 138 Å². The van der Waals surface area contributed by atoms with E-state index in [2.05, 4.69) is 0 Å². The molecule has 0 aliphatic carbocycles. The normalized spacial score (nSPS) is 31.2. The number of esters is 1. The lowest BCUT2D eigenvalue weighted by Gasteiger charge is -2.39. The molecule has 0 aromatic heterocycles. The Hall–Kier alpha value is -3.71. The van der Waals surface area contributed by atoms with Crippen molar-refractivity contribution < 1.29 is 38.6 Å². The van der Waals surface area contributed by atoms with Crippen LogP contribution in [-0.2, 0) is 35.1 Å². The maximum Gasteiger partial charge on any atom is 0.328 e. The molecule has 0 radical (unpaired) electrons. The number of Topliss-reactive ketones (excluding diaryl/α,β-unsaturated/α-hetero) is 1. The number of hydrogen-bond donors (Lipinski definition) is 1. The van der Waals surface area contributed by atoms with Crippen LogP contribution < -0.4 is 4.74 Å². The number of hydrogen-bond acceptors (Lipinski definition) is 10. The van der Waals surface area contributed by atoms with Gasteiger partial charge in [0.2, 0.25) is 17.7 Å². The molecule has 2 heterocycles. The molecule has 1 aromatic carbocycles. The third-order valence-corrected chi connectivity index (χ3v) is 13.5. The second-order valence-electron chi connectivity index (χ2n) is 17.8. The van der Waals surface area contributed by atoms with Crippen molar-refractivity contribution in [2.24, 2.45) is 34.1 Å². The number of rotatable bonds is 5. The second-order valence-corrected chi connectivity index (χ2v) is 18.9. The van der Waals surface area contributed by atoms with E-state index in [-0.39, 0.29) is 48.3 Å². The minimum Gasteiger partial charge on any atom is -0.497 e. The number of amides is 3. The number of benzene rings is 1. The van der Waals surface area contributed by atoms with Crippen molar-refractivity contribution in [1.29, 1.82) is 0 Å². The summed E-state index contributed by atoms with van der Waals surface area (Å²) in [4.78, 5) is 79.7. The van der Waals surface area contributed by atoms with Crippen LogP contribution in [0.2, 0.25) is 0 Å². The fourth-order valence-corrected chi connectivity index (χ4v) is 8.65. The predicted molar refractivity (Wildman–Crippen MR) is 231 cm³/mol. The van der Waals surface area contributed by atoms with E-state index in [4.69, 9.17) is 14.5 Å². The van der Waals surface area contributed by atoms with Crippen LogP contribution in [0, 0.1) is 29.1 Å². The van der Waals surface area contributed by atoms with Crippen LogP contribution >= 0.6 is 11.8 Å². The molecule has 2 aliphatic heterocycles. The second kappa shape index (κ2) is 21.0. The number of nitrogens with zero attached hydrogens (tertiary/aromatic N) is 4. The average Bonchev–Trinajstić information content (AvgIpc) is 3.65. The number of ketones is 1. The topological polar surface area (TPSA) is 146 Å². The Morgan fingerprint density at radius 2 is 1.52 bits per heavy atom. The number of cyclic esters (lactones) is 1. The number of carbonyl (C=O) groups is 5. The number of aliphatic hydroxyl groups excluding tert-OH is 1. The number of methoxy groups -OCH3 is 1. The zero-order chi connectivity index (χ0) is 43.8. The van der Waals surface area contributed by atoms with Crippen molar-refractivity contribution in [3.05, 3.63) is 41.5 Å². The lowest BCUT2D eigenvalue weighted by Crippen LogP contribution is -2.58. The van der Waals surface area contributed by atoms with E-state index in [9.17, 15) is 29.1 Å². The molecule has 12 nitrogen and oxygen atoms in total. The molecule has 324 valence electrons. The highest BCUT2D eigenvalue weighted by atomic mass is 32.2. The van der Waals surface area contributed by atoms with E-state index in [1.54, 1.807) is 72.9 Å². The summed E-state index contributed by atoms with van der Waals surface area (Å²) in [5.74, 6) is -2.02. The van der Waals surface area contributed by atoms with E-state index in [1.165, 1.54) is 14.7 Å². The molecule has 0 spiro atoms. The van der Waals surface area contributed by atoms with Crippen LogP contribution in [0.3, 0.4) is 0 Å². The molecule has 2 bridgehead atoms. The van der Waals surface area contributed by atoms with Crippen LogP contribution in [0.15, 0.2) is 40.9 Å². The smallest absolute Gasteiger partial charge is 0.328 e. The van der Waals surface area contributed by atoms with Gasteiger partial charge in [0.05, 0.1) is 24.3 Å². The molecule has 0 saturated heterocycles. The van der Waals surface area contributed by atoms with Gasteiger partial charge in [0.15, 0.2) is 5.78 Å². The monoisotopic (exact) mass is 826 g/mol. The largest absolute Gasteiger partial charge is 0.497 e. The molecule has 10 atom stereocenters. The van der Waals surface area contributed by atoms with E-state index in [0.29, 0.717) is 36.3 Å². The van der Waals surface area contributed by atoms with Gasteiger partial charge in [0, 0.05) is 45.2 Å². The minimum absolute atomic E-state index is 0.00989. The quantitative estimate of drug-likeness (QED) is 0.342. The number of allylic oxidation sites excluding steroid dienone is 1. The summed E-state index contributed by atoms with van der Waals surface area (Å²) in [6.07, 6.45) is 2.36. The Balaban J connectivity index is 2.08. The van der Waals surface area contributed by atoms with E-state index >= 15 is 0 Å². The molecule has 0 fully saturated rings. The summed E-state index contributed by atoms with van der Waals surface area (Å²) in [5, 5.41) is 12.2. The van der Waals surface area contributed by atoms with Gasteiger partial charge in [-0.2, -0.15) is 0 Å². The fourth-order valence-electron chi connectivity index (χ4n) is 7.51. The maximum atomic E-state index is 14.4. The minimum atomic E-state index is -0.973. The van der Waals surface area contributed by atoms with Gasteiger partial charge in [0.25, 0.3) is 0 Å². The zero-order valence-corrected chi connectivity index (χ0v) is 38.2. The first-order valence-corrected chi connectivity index (χ1v) is 21.7. The molecule has 1 aromatic rings. The van der Waals surface area contributed by atoms with E-state index < -0.39 is 59.5 Å². The Morgan fingerprint density at radius 3 is 2.09 bits per heavy atom. The first-order valence-electron chi connectivity index (χ1n) is 20.8. The molecule has 0 saturated carbocycles. The third kappa shape index (κ3) is 12.4. The summed E-state index contributed by atoms with van der Waals surface area (Å²) < 4.78 is 11.5. The summed E-state index contributed by atoms with van der Waals surface area (Å²) in [7, 11) is 6.23. The number of likely N-dealkylation sites (N-methyl/N-ethyl adjacent to an activating group) is 3. The Morgan fingerprint density at radius 1 is 0.914 bits per heavy atom. The van der Waals surface area contributed by atoms with Crippen LogP contribution in [0.5, 0.6) is 5.75 Å². The van der Waals surface area contributed by atoms with Gasteiger partial charge >= 0.3 is 5.97 Å². The van der Waals surface area contributed by atoms with Gasteiger partial charge < -0.3 is 29.3 Å². The number of thioether (sulfide) groups is 1. The SMILES string of the molecule is CC[C@H](C)C1C(=O)N(C)[C@@H](C)C(=O)O[C@H](C(C)(C)C)C[C@@H](C)C[C@H](O)[C@@H](C)C2=N[C@@H](/C=C(\C)C(=O)C[C@@H](Cc3ccc(OC)cc3)C(=O)N(C)[C@@H](C)C(=O)N1C)CS2. The molecule has 2 aliphatic rings. The Bertz CT molecular complexity index is 1670. The standard InChI is InChI=1S/C45H70N4O8S/c1-15-27(3)39-43(54)48(12)31(7)44(55)57-38(45(8,9)10)21-26(2)20-37(51)29(5)40-46-34(25-58-40)22-28(4)36(50)24-33(23-32-16-18-35(56-14)19-17-32)42(53)47(11)30(6)41(52)49(39)13/h16-19,22,26-27,29-31,33-34,37-39,51H,15,20-21,23-25H2,1-14H3/b28-22+/t26-,27-,29+,30-,31-,33+,34-,37-,38-,39?/m0/s1. The number of fused-ring (bicyclic) bond motifs is 1. The zero-order valence-electron chi connectivity index (χ0n) is 37.4. The number of ether oxygens (including phenoxy) is 2. The van der Waals surface area contributed by atoms with Gasteiger partial charge in [0.1, 0.15) is 30.0 Å². The van der Waals surface area contributed by atoms with E-state index in [1.807, 2.05) is 66.7 Å². The Kier molecular flexibility index (Phi) is 17.6. The third-order valence-electron chi connectivity index (χ3n) is 12.2. The summed E-state index contributed by atoms with van der Waals surface area (Å²) in [6, 6.07) is 4.20. The van der Waals surface area contributed by atoms with Crippen molar-refractivity contribution in [3.63, 3.8) is 0 Å². The first kappa shape index (κ1) is 48.7. The molecule has 58 heavy (non-hydrogen) atoms. The Labute approximate surface area is 351 Å². The predicted octanol–water partition coefficient (Wildman–Crippen LogP) is 6.23. The van der Waals surface area contributed by atoms with Crippen molar-refractivity contribution in [2.75, 3.05) is 34.0 Å². The van der Waals surface area contributed by atoms with E-state index in [0.717, 1.165) is 10.6 Å². The lowest BCUT2D eigenvalue weighted by atomic mass is 9.81. The van der Waals surface area contributed by atoms with Crippen molar-refractivity contribution in [1.82, 2.24) is 14.7 Å². The first-order chi connectivity index (χ1) is 27.0. The summed E-state index contributed by atoms with van der Waals surface area (Å²) in [5.41, 5.74) is 0.904. The number of aliphatic imine (C=N–C) groups is 1. The highest BCUT2D eigenvalue weighted by Crippen LogP contribution is 2.33. The van der Waals surface area contributed by atoms with Crippen LogP contribution in [0.25, 0.3) is 0 Å². The van der Waals surface area contributed by atoms with Gasteiger partial charge in [-0.25, -0.2) is 4.79 Å². The van der Waals surface area contributed by atoms with Gasteiger partial charge in [-0.3, -0.25) is 24.2 Å². The fraction of sp³-hybridized carbons (Fsp3) is 0.689.